The average molecular weight is 244 g/mol. The van der Waals surface area contributed by atoms with Gasteiger partial charge in [0.15, 0.2) is 0 Å². The van der Waals surface area contributed by atoms with E-state index in [0.29, 0.717) is 5.92 Å². The van der Waals surface area contributed by atoms with Crippen LogP contribution in [0.2, 0.25) is 0 Å². The number of phenolic OH excluding ortho intramolecular Hbond substituents is 1. The Morgan fingerprint density at radius 1 is 1.28 bits per heavy atom. The molecule has 0 aromatic heterocycles. The van der Waals surface area contributed by atoms with E-state index in [-0.39, 0.29) is 17.5 Å². The molecule has 0 spiro atoms. The van der Waals surface area contributed by atoms with Gasteiger partial charge in [-0.05, 0) is 44.2 Å². The monoisotopic (exact) mass is 244 g/mol. The number of fused-ring (bicyclic) bond motifs is 3. The number of hydrogen-bond acceptors (Lipinski definition) is 1. The number of hydrogen-bond donors (Lipinski definition) is 1. The second-order valence-corrected chi connectivity index (χ2v) is 5.50. The molecule has 0 bridgehead atoms. The molecule has 1 aromatic rings. The van der Waals surface area contributed by atoms with Crippen molar-refractivity contribution in [2.75, 3.05) is 0 Å². The van der Waals surface area contributed by atoms with Crippen molar-refractivity contribution in [1.29, 1.82) is 0 Å². The zero-order valence-corrected chi connectivity index (χ0v) is 10.7. The Hall–Kier alpha value is -1.57. The highest BCUT2D eigenvalue weighted by Gasteiger charge is 2.32. The van der Waals surface area contributed by atoms with Gasteiger partial charge in [0.25, 0.3) is 0 Å². The highest BCUT2D eigenvalue weighted by molar-refractivity contribution is 5.66. The summed E-state index contributed by atoms with van der Waals surface area (Å²) < 4.78 is 13.4. The van der Waals surface area contributed by atoms with Crippen LogP contribution in [0.25, 0.3) is 6.08 Å². The molecule has 0 saturated carbocycles. The predicted molar refractivity (Wildman–Crippen MR) is 70.9 cm³/mol. The van der Waals surface area contributed by atoms with E-state index in [1.54, 1.807) is 0 Å². The lowest BCUT2D eigenvalue weighted by atomic mass is 9.69. The van der Waals surface area contributed by atoms with Crippen molar-refractivity contribution < 1.29 is 9.50 Å². The lowest BCUT2D eigenvalue weighted by Crippen LogP contribution is -2.21. The molecule has 0 fully saturated rings. The lowest BCUT2D eigenvalue weighted by Gasteiger charge is -2.35. The zero-order chi connectivity index (χ0) is 12.9. The number of allylic oxidation sites excluding steroid dienone is 3. The topological polar surface area (TPSA) is 20.2 Å². The number of rotatable bonds is 0. The summed E-state index contributed by atoms with van der Waals surface area (Å²) in [5.41, 5.74) is 4.38. The summed E-state index contributed by atoms with van der Waals surface area (Å²) in [5, 5.41) is 10.1. The van der Waals surface area contributed by atoms with Crippen molar-refractivity contribution in [2.24, 2.45) is 5.92 Å². The third kappa shape index (κ3) is 1.67. The molecule has 94 valence electrons. The Morgan fingerprint density at radius 2 is 2.06 bits per heavy atom. The maximum atomic E-state index is 13.4. The molecule has 2 heteroatoms. The van der Waals surface area contributed by atoms with Gasteiger partial charge in [0.1, 0.15) is 11.6 Å². The van der Waals surface area contributed by atoms with Crippen molar-refractivity contribution in [3.63, 3.8) is 0 Å². The first-order valence-corrected chi connectivity index (χ1v) is 6.44. The van der Waals surface area contributed by atoms with E-state index in [9.17, 15) is 9.50 Å². The van der Waals surface area contributed by atoms with Gasteiger partial charge in [-0.1, -0.05) is 23.3 Å². The summed E-state index contributed by atoms with van der Waals surface area (Å²) in [6.45, 7) is 4.24. The molecule has 1 aromatic carbocycles. The van der Waals surface area contributed by atoms with Crippen molar-refractivity contribution in [2.45, 2.75) is 32.6 Å². The Morgan fingerprint density at radius 3 is 2.83 bits per heavy atom. The smallest absolute Gasteiger partial charge is 0.127 e. The standard InChI is InChI=1S/C16H17FO/c1-9-3-4-13-10(2)6-11-7-12(17)8-15(18)16(11)14(13)5-9/h5-8,13-14,18H,3-4H2,1-2H3/t13-,14?/m0/s1. The fourth-order valence-corrected chi connectivity index (χ4v) is 3.32. The Kier molecular flexibility index (Phi) is 2.54. The first kappa shape index (κ1) is 11.5. The van der Waals surface area contributed by atoms with Crippen LogP contribution in [-0.2, 0) is 0 Å². The van der Waals surface area contributed by atoms with E-state index in [0.717, 1.165) is 24.0 Å². The van der Waals surface area contributed by atoms with Gasteiger partial charge in [-0.15, -0.1) is 0 Å². The molecule has 2 aliphatic carbocycles. The van der Waals surface area contributed by atoms with Gasteiger partial charge in [0.05, 0.1) is 0 Å². The Balaban J connectivity index is 2.23. The molecule has 0 aliphatic heterocycles. The predicted octanol–water partition coefficient (Wildman–Crippen LogP) is 4.39. The third-order valence-electron chi connectivity index (χ3n) is 4.20. The van der Waals surface area contributed by atoms with Gasteiger partial charge in [-0.3, -0.25) is 0 Å². The minimum Gasteiger partial charge on any atom is -0.508 e. The van der Waals surface area contributed by atoms with E-state index in [2.05, 4.69) is 19.9 Å². The van der Waals surface area contributed by atoms with Gasteiger partial charge in [-0.2, -0.15) is 0 Å². The van der Waals surface area contributed by atoms with Crippen molar-refractivity contribution >= 4 is 6.08 Å². The maximum absolute atomic E-state index is 13.4. The van der Waals surface area contributed by atoms with Crippen LogP contribution >= 0.6 is 0 Å². The van der Waals surface area contributed by atoms with Crippen LogP contribution < -0.4 is 0 Å². The van der Waals surface area contributed by atoms with E-state index < -0.39 is 0 Å². The Bertz CT molecular complexity index is 569. The molecule has 0 saturated heterocycles. The number of aromatic hydroxyl groups is 1. The van der Waals surface area contributed by atoms with E-state index >= 15 is 0 Å². The van der Waals surface area contributed by atoms with Gasteiger partial charge in [0.2, 0.25) is 0 Å². The largest absolute Gasteiger partial charge is 0.508 e. The minimum atomic E-state index is -0.370. The molecule has 0 radical (unpaired) electrons. The second-order valence-electron chi connectivity index (χ2n) is 5.50. The first-order chi connectivity index (χ1) is 8.56. The molecule has 3 rings (SSSR count). The van der Waals surface area contributed by atoms with E-state index in [4.69, 9.17) is 0 Å². The van der Waals surface area contributed by atoms with Gasteiger partial charge < -0.3 is 5.11 Å². The van der Waals surface area contributed by atoms with Crippen LogP contribution in [0.15, 0.2) is 29.4 Å². The third-order valence-corrected chi connectivity index (χ3v) is 4.20. The van der Waals surface area contributed by atoms with Gasteiger partial charge >= 0.3 is 0 Å². The van der Waals surface area contributed by atoms with Crippen molar-refractivity contribution in [3.05, 3.63) is 46.3 Å². The molecular weight excluding hydrogens is 227 g/mol. The Labute approximate surface area is 107 Å². The number of phenols is 1. The summed E-state index contributed by atoms with van der Waals surface area (Å²) in [5.74, 6) is 0.386. The summed E-state index contributed by atoms with van der Waals surface area (Å²) in [6.07, 6.45) is 6.49. The first-order valence-electron chi connectivity index (χ1n) is 6.44. The normalized spacial score (nSPS) is 25.9. The van der Waals surface area contributed by atoms with Crippen LogP contribution in [0, 0.1) is 11.7 Å². The van der Waals surface area contributed by atoms with Crippen LogP contribution in [-0.4, -0.2) is 5.11 Å². The minimum absolute atomic E-state index is 0.0923. The van der Waals surface area contributed by atoms with Crippen LogP contribution in [0.3, 0.4) is 0 Å². The fraction of sp³-hybridized carbons (Fsp3) is 0.375. The lowest BCUT2D eigenvalue weighted by molar-refractivity contribution is 0.429. The second kappa shape index (κ2) is 3.98. The molecule has 1 N–H and O–H groups in total. The summed E-state index contributed by atoms with van der Waals surface area (Å²) in [7, 11) is 0. The summed E-state index contributed by atoms with van der Waals surface area (Å²) in [4.78, 5) is 0. The van der Waals surface area contributed by atoms with Gasteiger partial charge in [0, 0.05) is 17.5 Å². The molecule has 18 heavy (non-hydrogen) atoms. The van der Waals surface area contributed by atoms with E-state index in [1.807, 2.05) is 6.08 Å². The SMILES string of the molecule is CC1=CC2c3c(O)cc(F)cc3C=C(C)[C@@H]2CC1. The summed E-state index contributed by atoms with van der Waals surface area (Å²) in [6, 6.07) is 2.74. The number of halogens is 1. The molecule has 1 nitrogen and oxygen atoms in total. The number of benzene rings is 1. The van der Waals surface area contributed by atoms with Crippen molar-refractivity contribution in [3.8, 4) is 5.75 Å². The average Bonchev–Trinajstić information content (AvgIpc) is 2.27. The highest BCUT2D eigenvalue weighted by atomic mass is 19.1. The highest BCUT2D eigenvalue weighted by Crippen LogP contribution is 2.48. The molecule has 0 amide bonds. The fourth-order valence-electron chi connectivity index (χ4n) is 3.32. The maximum Gasteiger partial charge on any atom is 0.127 e. The zero-order valence-electron chi connectivity index (χ0n) is 10.7. The molecular formula is C16H17FO. The quantitative estimate of drug-likeness (QED) is 0.671. The van der Waals surface area contributed by atoms with Gasteiger partial charge in [-0.25, -0.2) is 4.39 Å². The van der Waals surface area contributed by atoms with E-state index in [1.165, 1.54) is 23.3 Å². The molecule has 0 heterocycles. The summed E-state index contributed by atoms with van der Waals surface area (Å²) >= 11 is 0. The van der Waals surface area contributed by atoms with Crippen molar-refractivity contribution in [1.82, 2.24) is 0 Å². The van der Waals surface area contributed by atoms with Crippen LogP contribution in [0.1, 0.15) is 43.7 Å². The molecule has 2 aliphatic rings. The van der Waals surface area contributed by atoms with Crippen LogP contribution in [0.5, 0.6) is 5.75 Å². The molecule has 1 unspecified atom stereocenters. The van der Waals surface area contributed by atoms with Crippen LogP contribution in [0.4, 0.5) is 4.39 Å². The molecule has 2 atom stereocenters.